The van der Waals surface area contributed by atoms with Gasteiger partial charge in [0, 0.05) is 0 Å². The number of hydrogen-bond donors (Lipinski definition) is 0. The average molecular weight is 229 g/mol. The maximum atomic E-state index is 10.6. The molecule has 0 bridgehead atoms. The summed E-state index contributed by atoms with van der Waals surface area (Å²) in [5.41, 5.74) is 0. The number of ether oxygens (including phenoxy) is 1. The molecule has 0 saturated heterocycles. The maximum Gasteiger partial charge on any atom is 0.293 e. The van der Waals surface area contributed by atoms with E-state index in [0.717, 1.165) is 19.3 Å². The number of carbonyl (C=O) groups excluding carboxylic acids is 1. The van der Waals surface area contributed by atoms with Crippen LogP contribution in [0.3, 0.4) is 0 Å². The van der Waals surface area contributed by atoms with E-state index in [4.69, 9.17) is 0 Å². The second-order valence-electron chi connectivity index (χ2n) is 4.28. The Morgan fingerprint density at radius 3 is 2.06 bits per heavy atom. The Bertz CT molecular complexity index is 148. The molecule has 0 saturated carbocycles. The third-order valence-electron chi connectivity index (χ3n) is 2.81. The van der Waals surface area contributed by atoms with E-state index in [0.29, 0.717) is 6.47 Å². The van der Waals surface area contributed by atoms with Gasteiger partial charge in [0.05, 0.1) is 0 Å². The fourth-order valence-electron chi connectivity index (χ4n) is 1.78. The Labute approximate surface area is 99.2 Å². The van der Waals surface area contributed by atoms with E-state index in [1.54, 1.807) is 0 Å². The van der Waals surface area contributed by atoms with Gasteiger partial charge in [0.1, 0.15) is 12.7 Å². The molecule has 0 aliphatic rings. The largest absolute Gasteiger partial charge is 0.462 e. The Hall–Kier alpha value is -0.570. The Kier molecular flexibility index (Phi) is 12.1. The average Bonchev–Trinajstić information content (AvgIpc) is 2.31. The van der Waals surface area contributed by atoms with E-state index >= 15 is 0 Å². The monoisotopic (exact) mass is 229 g/mol. The van der Waals surface area contributed by atoms with Gasteiger partial charge in [-0.15, -0.1) is 0 Å². The van der Waals surface area contributed by atoms with E-state index < -0.39 is 6.10 Å². The fourth-order valence-corrected chi connectivity index (χ4v) is 1.78. The van der Waals surface area contributed by atoms with E-state index in [1.807, 2.05) is 0 Å². The predicted octanol–water partition coefficient (Wildman–Crippen LogP) is 3.49. The molecule has 0 spiro atoms. The normalized spacial score (nSPS) is 12.4. The van der Waals surface area contributed by atoms with Crippen molar-refractivity contribution in [3.8, 4) is 0 Å². The van der Waals surface area contributed by atoms with Gasteiger partial charge in [0.25, 0.3) is 6.47 Å². The van der Waals surface area contributed by atoms with E-state index in [2.05, 4.69) is 11.7 Å². The minimum atomic E-state index is -0.405. The van der Waals surface area contributed by atoms with Crippen molar-refractivity contribution in [3.05, 3.63) is 0 Å². The summed E-state index contributed by atoms with van der Waals surface area (Å²) >= 11 is 0. The molecule has 16 heavy (non-hydrogen) atoms. The molecule has 0 rings (SSSR count). The number of rotatable bonds is 12. The zero-order chi connectivity index (χ0) is 12.1. The highest BCUT2D eigenvalue weighted by Crippen LogP contribution is 2.11. The molecule has 95 valence electrons. The van der Waals surface area contributed by atoms with Crippen LogP contribution in [0, 0.1) is 0 Å². The van der Waals surface area contributed by atoms with Gasteiger partial charge in [-0.1, -0.05) is 51.9 Å². The second-order valence-corrected chi connectivity index (χ2v) is 4.28. The van der Waals surface area contributed by atoms with Crippen LogP contribution in [0.4, 0.5) is 0 Å². The van der Waals surface area contributed by atoms with E-state index in [1.165, 1.54) is 38.5 Å². The lowest BCUT2D eigenvalue weighted by atomic mass is 10.1. The van der Waals surface area contributed by atoms with Crippen LogP contribution in [0.5, 0.6) is 0 Å². The van der Waals surface area contributed by atoms with Gasteiger partial charge in [0.15, 0.2) is 0 Å². The summed E-state index contributed by atoms with van der Waals surface area (Å²) < 4.78 is 4.66. The molecule has 0 aliphatic carbocycles. The van der Waals surface area contributed by atoms with Gasteiger partial charge in [-0.05, 0) is 12.8 Å². The summed E-state index contributed by atoms with van der Waals surface area (Å²) in [7, 11) is 0. The summed E-state index contributed by atoms with van der Waals surface area (Å²) in [6, 6.07) is 0. The van der Waals surface area contributed by atoms with Gasteiger partial charge in [-0.25, -0.2) is 5.11 Å². The predicted molar refractivity (Wildman–Crippen MR) is 63.7 cm³/mol. The first-order chi connectivity index (χ1) is 7.85. The third kappa shape index (κ3) is 9.97. The van der Waals surface area contributed by atoms with Crippen LogP contribution in [0.1, 0.15) is 64.7 Å². The summed E-state index contributed by atoms with van der Waals surface area (Å²) in [4.78, 5) is 10.0. The Balaban J connectivity index is 3.15. The first kappa shape index (κ1) is 15.4. The molecule has 0 amide bonds. The van der Waals surface area contributed by atoms with Crippen molar-refractivity contribution in [2.75, 3.05) is 6.61 Å². The summed E-state index contributed by atoms with van der Waals surface area (Å²) in [6.07, 6.45) is 10.3. The first-order valence-electron chi connectivity index (χ1n) is 6.52. The quantitative estimate of drug-likeness (QED) is 0.380. The summed E-state index contributed by atoms with van der Waals surface area (Å²) in [6.45, 7) is 2.29. The van der Waals surface area contributed by atoms with Crippen molar-refractivity contribution in [2.24, 2.45) is 0 Å². The van der Waals surface area contributed by atoms with Crippen molar-refractivity contribution in [2.45, 2.75) is 70.8 Å². The second kappa shape index (κ2) is 12.5. The maximum absolute atomic E-state index is 10.6. The summed E-state index contributed by atoms with van der Waals surface area (Å²) in [5.74, 6) is 0. The van der Waals surface area contributed by atoms with Gasteiger partial charge in [-0.2, -0.15) is 0 Å². The Morgan fingerprint density at radius 1 is 1.00 bits per heavy atom. The van der Waals surface area contributed by atoms with Crippen molar-refractivity contribution in [1.82, 2.24) is 0 Å². The number of unbranched alkanes of at least 4 members (excludes halogenated alkanes) is 7. The zero-order valence-corrected chi connectivity index (χ0v) is 10.5. The molecule has 1 unspecified atom stereocenters. The van der Waals surface area contributed by atoms with Crippen molar-refractivity contribution >= 4 is 6.47 Å². The van der Waals surface area contributed by atoms with Crippen molar-refractivity contribution in [3.63, 3.8) is 0 Å². The molecule has 0 aromatic carbocycles. The van der Waals surface area contributed by atoms with E-state index in [9.17, 15) is 9.90 Å². The van der Waals surface area contributed by atoms with Crippen LogP contribution in [0.25, 0.3) is 0 Å². The third-order valence-corrected chi connectivity index (χ3v) is 2.81. The molecule has 0 N–H and O–H groups in total. The van der Waals surface area contributed by atoms with Crippen molar-refractivity contribution < 1.29 is 14.6 Å². The van der Waals surface area contributed by atoms with Crippen LogP contribution in [0.2, 0.25) is 0 Å². The van der Waals surface area contributed by atoms with Crippen LogP contribution < -0.4 is 0 Å². The molecular formula is C13H25O3. The van der Waals surface area contributed by atoms with Crippen molar-refractivity contribution in [1.29, 1.82) is 0 Å². The highest BCUT2D eigenvalue weighted by molar-refractivity contribution is 5.37. The lowest BCUT2D eigenvalue weighted by Crippen LogP contribution is -2.15. The standard InChI is InChI=1S/C13H25O3/c1-2-3-4-5-6-7-8-9-10-13(11-14)16-12-15/h12-13H,2-11H2,1H3. The van der Waals surface area contributed by atoms with Gasteiger partial charge in [-0.3, -0.25) is 4.79 Å². The molecule has 0 aromatic rings. The minimum Gasteiger partial charge on any atom is -0.462 e. The SMILES string of the molecule is CCCCCCCCCCC(C[O])OC=O. The van der Waals surface area contributed by atoms with Gasteiger partial charge >= 0.3 is 0 Å². The highest BCUT2D eigenvalue weighted by atomic mass is 16.5. The molecule has 3 heteroatoms. The lowest BCUT2D eigenvalue weighted by molar-refractivity contribution is -0.137. The van der Waals surface area contributed by atoms with Gasteiger partial charge < -0.3 is 4.74 Å². The molecule has 3 nitrogen and oxygen atoms in total. The molecule has 1 atom stereocenters. The van der Waals surface area contributed by atoms with Gasteiger partial charge in [0.2, 0.25) is 0 Å². The molecular weight excluding hydrogens is 204 g/mol. The zero-order valence-electron chi connectivity index (χ0n) is 10.5. The van der Waals surface area contributed by atoms with Crippen LogP contribution in [-0.2, 0) is 14.6 Å². The van der Waals surface area contributed by atoms with E-state index in [-0.39, 0.29) is 6.61 Å². The fraction of sp³-hybridized carbons (Fsp3) is 0.923. The molecule has 1 radical (unpaired) electrons. The lowest BCUT2D eigenvalue weighted by Gasteiger charge is -2.10. The molecule has 0 aliphatic heterocycles. The Morgan fingerprint density at radius 2 is 1.56 bits per heavy atom. The smallest absolute Gasteiger partial charge is 0.293 e. The van der Waals surface area contributed by atoms with Crippen LogP contribution >= 0.6 is 0 Å². The topological polar surface area (TPSA) is 46.2 Å². The number of hydrogen-bond acceptors (Lipinski definition) is 2. The van der Waals surface area contributed by atoms with Crippen LogP contribution in [0.15, 0.2) is 0 Å². The first-order valence-corrected chi connectivity index (χ1v) is 6.52. The minimum absolute atomic E-state index is 0.310. The number of carbonyl (C=O) groups is 1. The molecule has 0 heterocycles. The highest BCUT2D eigenvalue weighted by Gasteiger charge is 2.07. The molecule has 0 aromatic heterocycles. The molecule has 0 fully saturated rings. The van der Waals surface area contributed by atoms with Crippen LogP contribution in [-0.4, -0.2) is 19.2 Å². The summed E-state index contributed by atoms with van der Waals surface area (Å²) in [5, 5.41) is 10.6.